The van der Waals surface area contributed by atoms with Crippen LogP contribution in [0.25, 0.3) is 0 Å². The molecule has 0 aliphatic heterocycles. The van der Waals surface area contributed by atoms with Gasteiger partial charge < -0.3 is 0 Å². The van der Waals surface area contributed by atoms with E-state index >= 15 is 0 Å². The van der Waals surface area contributed by atoms with E-state index in [0.717, 1.165) is 0 Å². The maximum Gasteiger partial charge on any atom is 0.103 e. The number of halogens is 2. The Kier molecular flexibility index (Phi) is 2.18. The highest BCUT2D eigenvalue weighted by Gasteiger charge is 2.57. The summed E-state index contributed by atoms with van der Waals surface area (Å²) in [5.41, 5.74) is 0.0593. The van der Waals surface area contributed by atoms with Crippen LogP contribution in [-0.2, 0) is 0 Å². The second kappa shape index (κ2) is 2.69. The summed E-state index contributed by atoms with van der Waals surface area (Å²) >= 11 is 11.0. The zero-order chi connectivity index (χ0) is 8.65. The molecule has 3 heteroatoms. The minimum atomic E-state index is 0.0593. The Morgan fingerprint density at radius 3 is 2.36 bits per heavy atom. The van der Waals surface area contributed by atoms with Gasteiger partial charge in [-0.2, -0.15) is 5.26 Å². The lowest BCUT2D eigenvalue weighted by Crippen LogP contribution is -1.87. The van der Waals surface area contributed by atoms with Crippen molar-refractivity contribution in [1.29, 1.82) is 5.26 Å². The fraction of sp³-hybridized carbons (Fsp3) is 0.625. The molecule has 60 valence electrons. The van der Waals surface area contributed by atoms with E-state index in [2.05, 4.69) is 6.07 Å². The van der Waals surface area contributed by atoms with E-state index in [1.165, 1.54) is 0 Å². The molecule has 0 amide bonds. The van der Waals surface area contributed by atoms with Gasteiger partial charge in [0.15, 0.2) is 0 Å². The Hall–Kier alpha value is -0.190. The molecule has 2 atom stereocenters. The Balaban J connectivity index is 2.69. The largest absolute Gasteiger partial charge is 0.198 e. The SMILES string of the molecule is CC1(C)[C@H](C#N)[C@@H]1C=C(Cl)Cl. The molecular weight excluding hydrogens is 181 g/mol. The summed E-state index contributed by atoms with van der Waals surface area (Å²) in [6.45, 7) is 4.08. The maximum absolute atomic E-state index is 8.66. The van der Waals surface area contributed by atoms with E-state index in [9.17, 15) is 0 Å². The molecule has 0 saturated heterocycles. The standard InChI is InChI=1S/C8H9Cl2N/c1-8(2)5(3-7(9)10)6(8)4-11/h3,5-6H,1-2H3/t5-,6+/m0/s1. The van der Waals surface area contributed by atoms with Crippen LogP contribution in [0.4, 0.5) is 0 Å². The summed E-state index contributed by atoms with van der Waals surface area (Å²) in [5.74, 6) is 0.312. The predicted octanol–water partition coefficient (Wildman–Crippen LogP) is 3.10. The minimum absolute atomic E-state index is 0.0593. The second-order valence-corrected chi connectivity index (χ2v) is 4.42. The van der Waals surface area contributed by atoms with Gasteiger partial charge in [0.05, 0.1) is 12.0 Å². The van der Waals surface area contributed by atoms with Gasteiger partial charge in [-0.3, -0.25) is 0 Å². The van der Waals surface area contributed by atoms with Gasteiger partial charge in [0.2, 0.25) is 0 Å². The molecule has 1 nitrogen and oxygen atoms in total. The number of nitriles is 1. The first-order valence-corrected chi connectivity index (χ1v) is 4.18. The van der Waals surface area contributed by atoms with Crippen LogP contribution in [-0.4, -0.2) is 0 Å². The van der Waals surface area contributed by atoms with E-state index < -0.39 is 0 Å². The third kappa shape index (κ3) is 1.52. The zero-order valence-electron chi connectivity index (χ0n) is 6.44. The van der Waals surface area contributed by atoms with Crippen LogP contribution in [0.1, 0.15) is 13.8 Å². The topological polar surface area (TPSA) is 23.8 Å². The average Bonchev–Trinajstić information content (AvgIpc) is 2.33. The lowest BCUT2D eigenvalue weighted by Gasteiger charge is -1.94. The fourth-order valence-corrected chi connectivity index (χ4v) is 1.64. The van der Waals surface area contributed by atoms with Crippen LogP contribution >= 0.6 is 23.2 Å². The molecular formula is C8H9Cl2N. The van der Waals surface area contributed by atoms with E-state index in [4.69, 9.17) is 28.5 Å². The highest BCUT2D eigenvalue weighted by Crippen LogP contribution is 2.59. The van der Waals surface area contributed by atoms with Crippen LogP contribution in [0.5, 0.6) is 0 Å². The van der Waals surface area contributed by atoms with Crippen molar-refractivity contribution in [3.63, 3.8) is 0 Å². The van der Waals surface area contributed by atoms with Crippen LogP contribution < -0.4 is 0 Å². The summed E-state index contributed by atoms with van der Waals surface area (Å²) in [6.07, 6.45) is 1.75. The lowest BCUT2D eigenvalue weighted by atomic mass is 10.1. The van der Waals surface area contributed by atoms with Gasteiger partial charge in [0.1, 0.15) is 4.49 Å². The number of hydrogen-bond acceptors (Lipinski definition) is 1. The molecule has 0 radical (unpaired) electrons. The van der Waals surface area contributed by atoms with E-state index in [1.54, 1.807) is 6.08 Å². The van der Waals surface area contributed by atoms with Crippen molar-refractivity contribution in [2.75, 3.05) is 0 Å². The summed E-state index contributed by atoms with van der Waals surface area (Å²) in [6, 6.07) is 2.22. The van der Waals surface area contributed by atoms with Crippen LogP contribution in [0.15, 0.2) is 10.6 Å². The zero-order valence-corrected chi connectivity index (χ0v) is 7.95. The molecule has 1 rings (SSSR count). The number of hydrogen-bond donors (Lipinski definition) is 0. The Bertz CT molecular complexity index is 233. The normalized spacial score (nSPS) is 32.3. The van der Waals surface area contributed by atoms with Crippen molar-refractivity contribution < 1.29 is 0 Å². The lowest BCUT2D eigenvalue weighted by molar-refractivity contribution is 0.589. The van der Waals surface area contributed by atoms with Gasteiger partial charge in [0.25, 0.3) is 0 Å². The second-order valence-electron chi connectivity index (χ2n) is 3.41. The van der Waals surface area contributed by atoms with Crippen LogP contribution in [0, 0.1) is 28.6 Å². The number of nitrogens with zero attached hydrogens (tertiary/aromatic N) is 1. The van der Waals surface area contributed by atoms with Gasteiger partial charge in [0, 0.05) is 5.92 Å². The molecule has 1 aliphatic carbocycles. The fourth-order valence-electron chi connectivity index (χ4n) is 1.37. The Morgan fingerprint density at radius 1 is 1.55 bits per heavy atom. The molecule has 0 aromatic heterocycles. The Morgan fingerprint density at radius 2 is 2.09 bits per heavy atom. The highest BCUT2D eigenvalue weighted by atomic mass is 35.5. The summed E-state index contributed by atoms with van der Waals surface area (Å²) < 4.78 is 0.265. The number of allylic oxidation sites excluding steroid dienone is 1. The van der Waals surface area contributed by atoms with E-state index in [1.807, 2.05) is 13.8 Å². The molecule has 0 heterocycles. The molecule has 0 bridgehead atoms. The summed E-state index contributed by atoms with van der Waals surface area (Å²) in [7, 11) is 0. The maximum atomic E-state index is 8.66. The molecule has 0 N–H and O–H groups in total. The summed E-state index contributed by atoms with van der Waals surface area (Å²) in [5, 5.41) is 8.66. The minimum Gasteiger partial charge on any atom is -0.198 e. The third-order valence-corrected chi connectivity index (χ3v) is 2.61. The van der Waals surface area contributed by atoms with Gasteiger partial charge in [-0.15, -0.1) is 0 Å². The van der Waals surface area contributed by atoms with Gasteiger partial charge in [-0.25, -0.2) is 0 Å². The molecule has 0 spiro atoms. The first kappa shape index (κ1) is 8.90. The first-order chi connectivity index (χ1) is 5.00. The van der Waals surface area contributed by atoms with E-state index in [0.29, 0.717) is 0 Å². The molecule has 0 aromatic rings. The smallest absolute Gasteiger partial charge is 0.103 e. The first-order valence-electron chi connectivity index (χ1n) is 3.42. The number of rotatable bonds is 1. The van der Waals surface area contributed by atoms with Gasteiger partial charge in [-0.05, 0) is 11.5 Å². The third-order valence-electron chi connectivity index (χ3n) is 2.36. The summed E-state index contributed by atoms with van der Waals surface area (Å²) in [4.78, 5) is 0. The van der Waals surface area contributed by atoms with Crippen molar-refractivity contribution in [3.8, 4) is 6.07 Å². The molecule has 0 aromatic carbocycles. The molecule has 0 unspecified atom stereocenters. The molecule has 1 aliphatic rings. The van der Waals surface area contributed by atoms with Crippen molar-refractivity contribution in [3.05, 3.63) is 10.6 Å². The molecule has 1 fully saturated rings. The predicted molar refractivity (Wildman–Crippen MR) is 46.2 cm³/mol. The quantitative estimate of drug-likeness (QED) is 0.623. The van der Waals surface area contributed by atoms with Crippen LogP contribution in [0.3, 0.4) is 0 Å². The van der Waals surface area contributed by atoms with Gasteiger partial charge >= 0.3 is 0 Å². The Labute approximate surface area is 76.6 Å². The monoisotopic (exact) mass is 189 g/mol. The van der Waals surface area contributed by atoms with E-state index in [-0.39, 0.29) is 21.7 Å². The van der Waals surface area contributed by atoms with Crippen molar-refractivity contribution in [1.82, 2.24) is 0 Å². The molecule has 11 heavy (non-hydrogen) atoms. The van der Waals surface area contributed by atoms with Crippen molar-refractivity contribution in [2.45, 2.75) is 13.8 Å². The van der Waals surface area contributed by atoms with Crippen LogP contribution in [0.2, 0.25) is 0 Å². The van der Waals surface area contributed by atoms with Gasteiger partial charge in [-0.1, -0.05) is 37.0 Å². The molecule has 1 saturated carbocycles. The van der Waals surface area contributed by atoms with Crippen molar-refractivity contribution in [2.24, 2.45) is 17.3 Å². The van der Waals surface area contributed by atoms with Crippen molar-refractivity contribution >= 4 is 23.2 Å². The highest BCUT2D eigenvalue weighted by molar-refractivity contribution is 6.55. The average molecular weight is 190 g/mol.